The lowest BCUT2D eigenvalue weighted by Crippen LogP contribution is -2.02. The summed E-state index contributed by atoms with van der Waals surface area (Å²) >= 11 is 3.28. The van der Waals surface area contributed by atoms with Crippen molar-refractivity contribution < 1.29 is 19.8 Å². The van der Waals surface area contributed by atoms with Crippen LogP contribution in [0.4, 0.5) is 0 Å². The molecule has 102 valence electrons. The summed E-state index contributed by atoms with van der Waals surface area (Å²) in [6, 6.07) is 11.3. The van der Waals surface area contributed by atoms with E-state index in [0.717, 1.165) is 5.56 Å². The van der Waals surface area contributed by atoms with Crippen molar-refractivity contribution in [3.63, 3.8) is 0 Å². The van der Waals surface area contributed by atoms with E-state index in [0.29, 0.717) is 16.5 Å². The van der Waals surface area contributed by atoms with Gasteiger partial charge in [-0.15, -0.1) is 0 Å². The highest BCUT2D eigenvalue weighted by molar-refractivity contribution is 9.08. The van der Waals surface area contributed by atoms with E-state index in [4.69, 9.17) is 5.11 Å². The Labute approximate surface area is 123 Å². The summed E-state index contributed by atoms with van der Waals surface area (Å²) in [6.45, 7) is 0. The Morgan fingerprint density at radius 1 is 1.00 bits per heavy atom. The van der Waals surface area contributed by atoms with Crippen molar-refractivity contribution in [3.05, 3.63) is 59.2 Å². The van der Waals surface area contributed by atoms with Gasteiger partial charge in [0.25, 0.3) is 0 Å². The van der Waals surface area contributed by atoms with Gasteiger partial charge in [0.2, 0.25) is 0 Å². The Morgan fingerprint density at radius 2 is 1.75 bits per heavy atom. The number of benzene rings is 2. The quantitative estimate of drug-likeness (QED) is 0.837. The first kappa shape index (κ1) is 14.3. The van der Waals surface area contributed by atoms with Gasteiger partial charge in [-0.05, 0) is 34.9 Å². The molecule has 0 radical (unpaired) electrons. The molecule has 0 unspecified atom stereocenters. The Morgan fingerprint density at radius 3 is 2.35 bits per heavy atom. The third kappa shape index (κ3) is 2.88. The second-order valence-electron chi connectivity index (χ2n) is 4.20. The highest BCUT2D eigenvalue weighted by Crippen LogP contribution is 2.26. The molecule has 0 heterocycles. The molecule has 0 aliphatic rings. The van der Waals surface area contributed by atoms with Gasteiger partial charge in [0, 0.05) is 5.33 Å². The number of carboxylic acids is 2. The van der Waals surface area contributed by atoms with Crippen molar-refractivity contribution in [2.24, 2.45) is 0 Å². The Bertz CT molecular complexity index is 679. The second kappa shape index (κ2) is 5.88. The molecule has 5 heteroatoms. The number of alkyl halides is 1. The molecule has 0 saturated heterocycles. The molecule has 0 bridgehead atoms. The van der Waals surface area contributed by atoms with Crippen molar-refractivity contribution >= 4 is 27.9 Å². The van der Waals surface area contributed by atoms with Crippen molar-refractivity contribution in [2.75, 3.05) is 0 Å². The van der Waals surface area contributed by atoms with Crippen LogP contribution in [0.15, 0.2) is 42.5 Å². The lowest BCUT2D eigenvalue weighted by Gasteiger charge is -2.09. The van der Waals surface area contributed by atoms with Crippen LogP contribution in [-0.2, 0) is 5.33 Å². The average molecular weight is 335 g/mol. The maximum atomic E-state index is 11.4. The molecule has 0 aliphatic heterocycles. The van der Waals surface area contributed by atoms with Gasteiger partial charge in [-0.3, -0.25) is 0 Å². The van der Waals surface area contributed by atoms with Gasteiger partial charge in [0.05, 0.1) is 11.1 Å². The van der Waals surface area contributed by atoms with Crippen molar-refractivity contribution in [2.45, 2.75) is 5.33 Å². The van der Waals surface area contributed by atoms with E-state index in [9.17, 15) is 14.7 Å². The molecule has 0 spiro atoms. The number of aromatic carboxylic acids is 2. The van der Waals surface area contributed by atoms with Gasteiger partial charge < -0.3 is 10.2 Å². The molecule has 4 nitrogen and oxygen atoms in total. The summed E-state index contributed by atoms with van der Waals surface area (Å²) in [7, 11) is 0. The number of halogens is 1. The zero-order valence-corrected chi connectivity index (χ0v) is 11.9. The summed E-state index contributed by atoms with van der Waals surface area (Å²) in [4.78, 5) is 22.3. The van der Waals surface area contributed by atoms with Gasteiger partial charge in [-0.1, -0.05) is 40.2 Å². The largest absolute Gasteiger partial charge is 0.478 e. The Balaban J connectivity index is 2.60. The molecule has 0 saturated carbocycles. The summed E-state index contributed by atoms with van der Waals surface area (Å²) in [5.74, 6) is -2.08. The molecule has 0 atom stereocenters. The molecule has 0 aromatic heterocycles. The summed E-state index contributed by atoms with van der Waals surface area (Å²) in [5, 5.41) is 18.8. The minimum Gasteiger partial charge on any atom is -0.478 e. The van der Waals surface area contributed by atoms with Crippen LogP contribution in [0.5, 0.6) is 0 Å². The summed E-state index contributed by atoms with van der Waals surface area (Å²) in [6.07, 6.45) is 0. The van der Waals surface area contributed by atoms with Crippen molar-refractivity contribution in [1.29, 1.82) is 0 Å². The maximum Gasteiger partial charge on any atom is 0.336 e. The third-order valence-corrected chi connectivity index (χ3v) is 3.54. The lowest BCUT2D eigenvalue weighted by molar-refractivity contribution is 0.0687. The number of hydrogen-bond donors (Lipinski definition) is 2. The first-order valence-electron chi connectivity index (χ1n) is 5.79. The molecule has 2 rings (SSSR count). The fourth-order valence-electron chi connectivity index (χ4n) is 1.92. The topological polar surface area (TPSA) is 74.6 Å². The number of rotatable bonds is 4. The normalized spacial score (nSPS) is 10.2. The molecule has 0 amide bonds. The summed E-state index contributed by atoms with van der Waals surface area (Å²) < 4.78 is 0. The van der Waals surface area contributed by atoms with Gasteiger partial charge >= 0.3 is 11.9 Å². The molecule has 20 heavy (non-hydrogen) atoms. The predicted octanol–water partition coefficient (Wildman–Crippen LogP) is 3.64. The van der Waals surface area contributed by atoms with E-state index < -0.39 is 11.9 Å². The van der Waals surface area contributed by atoms with Crippen LogP contribution in [0, 0.1) is 0 Å². The van der Waals surface area contributed by atoms with Crippen LogP contribution in [0.3, 0.4) is 0 Å². The molecule has 2 aromatic carbocycles. The smallest absolute Gasteiger partial charge is 0.336 e. The molecule has 0 fully saturated rings. The second-order valence-corrected chi connectivity index (χ2v) is 4.77. The van der Waals surface area contributed by atoms with Gasteiger partial charge in [0.15, 0.2) is 0 Å². The predicted molar refractivity (Wildman–Crippen MR) is 78.4 cm³/mol. The molecule has 0 aliphatic carbocycles. The van der Waals surface area contributed by atoms with E-state index in [-0.39, 0.29) is 11.1 Å². The van der Waals surface area contributed by atoms with E-state index in [1.165, 1.54) is 12.1 Å². The highest BCUT2D eigenvalue weighted by atomic mass is 79.9. The zero-order chi connectivity index (χ0) is 14.7. The number of carboxylic acid groups (broad SMARTS) is 2. The third-order valence-electron chi connectivity index (χ3n) is 2.89. The minimum absolute atomic E-state index is 0.128. The molecule has 2 aromatic rings. The summed E-state index contributed by atoms with van der Waals surface area (Å²) in [5.41, 5.74) is 2.21. The first-order chi connectivity index (χ1) is 9.52. The van der Waals surface area contributed by atoms with Crippen LogP contribution < -0.4 is 0 Å². The highest BCUT2D eigenvalue weighted by Gasteiger charge is 2.13. The van der Waals surface area contributed by atoms with Gasteiger partial charge in [0.1, 0.15) is 0 Å². The van der Waals surface area contributed by atoms with E-state index in [1.54, 1.807) is 24.3 Å². The van der Waals surface area contributed by atoms with Crippen LogP contribution in [0.1, 0.15) is 26.3 Å². The SMILES string of the molecule is O=C(O)c1cccc(-c2ccc(CBr)cc2C(=O)O)c1. The fourth-order valence-corrected chi connectivity index (χ4v) is 2.27. The van der Waals surface area contributed by atoms with Crippen LogP contribution in [0.25, 0.3) is 11.1 Å². The number of hydrogen-bond acceptors (Lipinski definition) is 2. The zero-order valence-electron chi connectivity index (χ0n) is 10.3. The maximum absolute atomic E-state index is 11.4. The van der Waals surface area contributed by atoms with E-state index in [2.05, 4.69) is 15.9 Å². The van der Waals surface area contributed by atoms with Gasteiger partial charge in [-0.25, -0.2) is 9.59 Å². The number of carbonyl (C=O) groups is 2. The Hall–Kier alpha value is -2.14. The first-order valence-corrected chi connectivity index (χ1v) is 6.91. The molecular formula is C15H11BrO4. The van der Waals surface area contributed by atoms with E-state index >= 15 is 0 Å². The van der Waals surface area contributed by atoms with Crippen LogP contribution in [-0.4, -0.2) is 22.2 Å². The van der Waals surface area contributed by atoms with Crippen molar-refractivity contribution in [3.8, 4) is 11.1 Å². The van der Waals surface area contributed by atoms with Gasteiger partial charge in [-0.2, -0.15) is 0 Å². The van der Waals surface area contributed by atoms with Crippen LogP contribution >= 0.6 is 15.9 Å². The lowest BCUT2D eigenvalue weighted by atomic mass is 9.96. The van der Waals surface area contributed by atoms with E-state index in [1.807, 2.05) is 6.07 Å². The van der Waals surface area contributed by atoms with Crippen LogP contribution in [0.2, 0.25) is 0 Å². The fraction of sp³-hybridized carbons (Fsp3) is 0.0667. The molecular weight excluding hydrogens is 324 g/mol. The molecule has 2 N–H and O–H groups in total. The average Bonchev–Trinajstić information content (AvgIpc) is 2.46. The standard InChI is InChI=1S/C15H11BrO4/c16-8-9-4-5-12(13(6-9)15(19)20)10-2-1-3-11(7-10)14(17)18/h1-7H,8H2,(H,17,18)(H,19,20). The minimum atomic E-state index is -1.04. The monoisotopic (exact) mass is 334 g/mol. The Kier molecular flexibility index (Phi) is 4.20. The van der Waals surface area contributed by atoms with Crippen molar-refractivity contribution in [1.82, 2.24) is 0 Å².